The van der Waals surface area contributed by atoms with Gasteiger partial charge in [-0.3, -0.25) is 9.59 Å². The molecule has 1 rings (SSSR count). The lowest BCUT2D eigenvalue weighted by molar-refractivity contribution is -0.176. The van der Waals surface area contributed by atoms with Gasteiger partial charge in [0.2, 0.25) is 0 Å². The largest absolute Gasteiger partial charge is 0.421 e. The maximum absolute atomic E-state index is 10.9. The van der Waals surface area contributed by atoms with Gasteiger partial charge in [0.05, 0.1) is 0 Å². The summed E-state index contributed by atoms with van der Waals surface area (Å²) in [5.41, 5.74) is 0.891. The molecule has 0 spiro atoms. The van der Waals surface area contributed by atoms with Crippen LogP contribution in [0, 0.1) is 0 Å². The Hall–Kier alpha value is -1.62. The third-order valence-corrected chi connectivity index (χ3v) is 2.62. The average Bonchev–Trinajstić information content (AvgIpc) is 2.26. The Morgan fingerprint density at radius 3 is 2.22 bits per heavy atom. The van der Waals surface area contributed by atoms with Crippen LogP contribution in [0.5, 0.6) is 0 Å². The van der Waals surface area contributed by atoms with E-state index in [1.165, 1.54) is 19.9 Å². The SMILES string of the molecule is CC(=O)OC(/C=C/c1ccccc1Br)OC(C)=O. The first-order valence-electron chi connectivity index (χ1n) is 5.26. The van der Waals surface area contributed by atoms with Crippen LogP contribution in [0.1, 0.15) is 19.4 Å². The number of rotatable bonds is 4. The van der Waals surface area contributed by atoms with E-state index in [1.807, 2.05) is 24.3 Å². The van der Waals surface area contributed by atoms with E-state index in [-0.39, 0.29) is 0 Å². The number of benzene rings is 1. The predicted molar refractivity (Wildman–Crippen MR) is 70.5 cm³/mol. The lowest BCUT2D eigenvalue weighted by Crippen LogP contribution is -2.19. The van der Waals surface area contributed by atoms with Gasteiger partial charge in [0.25, 0.3) is 6.29 Å². The molecule has 1 aromatic rings. The number of carbonyl (C=O) groups excluding carboxylic acids is 2. The van der Waals surface area contributed by atoms with Gasteiger partial charge in [0.1, 0.15) is 0 Å². The zero-order valence-electron chi connectivity index (χ0n) is 10.1. The highest BCUT2D eigenvalue weighted by Gasteiger charge is 2.11. The first-order chi connectivity index (χ1) is 8.49. The van der Waals surface area contributed by atoms with Gasteiger partial charge in [-0.05, 0) is 17.7 Å². The highest BCUT2D eigenvalue weighted by atomic mass is 79.9. The molecule has 0 aromatic heterocycles. The van der Waals surface area contributed by atoms with Crippen LogP contribution in [-0.2, 0) is 19.1 Å². The molecule has 0 aliphatic carbocycles. The van der Waals surface area contributed by atoms with Crippen molar-refractivity contribution in [3.8, 4) is 0 Å². The maximum atomic E-state index is 10.9. The standard InChI is InChI=1S/C13H13BrO4/c1-9(15)17-13(18-10(2)16)8-7-11-5-3-4-6-12(11)14/h3-8,13H,1-2H3/b8-7+. The number of esters is 2. The van der Waals surface area contributed by atoms with Gasteiger partial charge in [-0.15, -0.1) is 0 Å². The second-order valence-electron chi connectivity index (χ2n) is 3.47. The van der Waals surface area contributed by atoms with Gasteiger partial charge in [-0.1, -0.05) is 40.2 Å². The number of hydrogen-bond acceptors (Lipinski definition) is 4. The Kier molecular flexibility index (Phi) is 5.58. The van der Waals surface area contributed by atoms with Gasteiger partial charge in [0, 0.05) is 18.3 Å². The van der Waals surface area contributed by atoms with Crippen LogP contribution in [0.25, 0.3) is 6.08 Å². The highest BCUT2D eigenvalue weighted by molar-refractivity contribution is 9.10. The summed E-state index contributed by atoms with van der Waals surface area (Å²) in [6.45, 7) is 2.51. The normalized spacial score (nSPS) is 10.7. The lowest BCUT2D eigenvalue weighted by atomic mass is 10.2. The first kappa shape index (κ1) is 14.4. The van der Waals surface area contributed by atoms with Crippen LogP contribution in [-0.4, -0.2) is 18.2 Å². The maximum Gasteiger partial charge on any atom is 0.305 e. The number of hydrogen-bond donors (Lipinski definition) is 0. The molecule has 0 saturated carbocycles. The van der Waals surface area contributed by atoms with Crippen LogP contribution >= 0.6 is 15.9 Å². The van der Waals surface area contributed by atoms with Crippen molar-refractivity contribution in [2.45, 2.75) is 20.1 Å². The highest BCUT2D eigenvalue weighted by Crippen LogP contribution is 2.17. The molecule has 0 amide bonds. The molecular weight excluding hydrogens is 300 g/mol. The molecule has 5 heteroatoms. The summed E-state index contributed by atoms with van der Waals surface area (Å²) in [5.74, 6) is -1.03. The molecular formula is C13H13BrO4. The van der Waals surface area contributed by atoms with Crippen LogP contribution in [0.3, 0.4) is 0 Å². The van der Waals surface area contributed by atoms with Crippen LogP contribution in [0.15, 0.2) is 34.8 Å². The molecule has 0 aliphatic rings. The van der Waals surface area contributed by atoms with Gasteiger partial charge in [-0.25, -0.2) is 0 Å². The van der Waals surface area contributed by atoms with Crippen LogP contribution in [0.4, 0.5) is 0 Å². The van der Waals surface area contributed by atoms with E-state index in [4.69, 9.17) is 9.47 Å². The van der Waals surface area contributed by atoms with E-state index in [9.17, 15) is 9.59 Å². The predicted octanol–water partition coefficient (Wildman–Crippen LogP) is 2.91. The summed E-state index contributed by atoms with van der Waals surface area (Å²) < 4.78 is 10.6. The molecule has 0 unspecified atom stereocenters. The van der Waals surface area contributed by atoms with Gasteiger partial charge in [-0.2, -0.15) is 0 Å². The Balaban J connectivity index is 2.79. The molecule has 0 N–H and O–H groups in total. The van der Waals surface area contributed by atoms with E-state index in [0.29, 0.717) is 0 Å². The van der Waals surface area contributed by atoms with Crippen molar-refractivity contribution < 1.29 is 19.1 Å². The topological polar surface area (TPSA) is 52.6 Å². The third kappa shape index (κ3) is 5.14. The molecule has 0 bridgehead atoms. The van der Waals surface area contributed by atoms with E-state index in [2.05, 4.69) is 15.9 Å². The molecule has 0 aliphatic heterocycles. The number of ether oxygens (including phenoxy) is 2. The molecule has 0 heterocycles. The number of halogens is 1. The fourth-order valence-corrected chi connectivity index (χ4v) is 1.64. The number of carbonyl (C=O) groups is 2. The Labute approximate surface area is 114 Å². The molecule has 0 fully saturated rings. The lowest BCUT2D eigenvalue weighted by Gasteiger charge is -2.12. The van der Waals surface area contributed by atoms with Crippen molar-refractivity contribution in [3.05, 3.63) is 40.4 Å². The van der Waals surface area contributed by atoms with Crippen molar-refractivity contribution in [3.63, 3.8) is 0 Å². The monoisotopic (exact) mass is 312 g/mol. The summed E-state index contributed by atoms with van der Waals surface area (Å²) in [5, 5.41) is 0. The fraction of sp³-hybridized carbons (Fsp3) is 0.231. The van der Waals surface area contributed by atoms with Crippen molar-refractivity contribution in [1.82, 2.24) is 0 Å². The minimum atomic E-state index is -1.01. The summed E-state index contributed by atoms with van der Waals surface area (Å²) >= 11 is 3.38. The summed E-state index contributed by atoms with van der Waals surface area (Å²) in [7, 11) is 0. The molecule has 4 nitrogen and oxygen atoms in total. The van der Waals surface area contributed by atoms with Crippen LogP contribution < -0.4 is 0 Å². The Morgan fingerprint density at radius 1 is 1.17 bits per heavy atom. The zero-order valence-corrected chi connectivity index (χ0v) is 11.6. The van der Waals surface area contributed by atoms with Crippen molar-refractivity contribution >= 4 is 33.9 Å². The average molecular weight is 313 g/mol. The van der Waals surface area contributed by atoms with E-state index < -0.39 is 18.2 Å². The van der Waals surface area contributed by atoms with Crippen molar-refractivity contribution in [2.24, 2.45) is 0 Å². The second kappa shape index (κ2) is 6.96. The minimum absolute atomic E-state index is 0.516. The second-order valence-corrected chi connectivity index (χ2v) is 4.32. The molecule has 0 saturated heterocycles. The molecule has 18 heavy (non-hydrogen) atoms. The molecule has 0 atom stereocenters. The zero-order chi connectivity index (χ0) is 13.5. The first-order valence-corrected chi connectivity index (χ1v) is 6.05. The Bertz CT molecular complexity index is 452. The van der Waals surface area contributed by atoms with Gasteiger partial charge >= 0.3 is 11.9 Å². The Morgan fingerprint density at radius 2 is 1.72 bits per heavy atom. The third-order valence-electron chi connectivity index (χ3n) is 1.90. The fourth-order valence-electron chi connectivity index (χ4n) is 1.22. The molecule has 0 radical (unpaired) electrons. The quantitative estimate of drug-likeness (QED) is 0.633. The summed E-state index contributed by atoms with van der Waals surface area (Å²) in [6.07, 6.45) is 2.20. The smallest absolute Gasteiger partial charge is 0.305 e. The summed E-state index contributed by atoms with van der Waals surface area (Å²) in [4.78, 5) is 21.7. The van der Waals surface area contributed by atoms with Gasteiger partial charge in [0.15, 0.2) is 0 Å². The summed E-state index contributed by atoms with van der Waals surface area (Å²) in [6, 6.07) is 7.51. The van der Waals surface area contributed by atoms with Crippen LogP contribution in [0.2, 0.25) is 0 Å². The minimum Gasteiger partial charge on any atom is -0.421 e. The van der Waals surface area contributed by atoms with Crippen molar-refractivity contribution in [1.29, 1.82) is 0 Å². The van der Waals surface area contributed by atoms with Gasteiger partial charge < -0.3 is 9.47 Å². The van der Waals surface area contributed by atoms with E-state index in [1.54, 1.807) is 6.08 Å². The molecule has 96 valence electrons. The molecule has 1 aromatic carbocycles. The van der Waals surface area contributed by atoms with E-state index in [0.717, 1.165) is 10.0 Å². The van der Waals surface area contributed by atoms with E-state index >= 15 is 0 Å². The van der Waals surface area contributed by atoms with Crippen molar-refractivity contribution in [2.75, 3.05) is 0 Å².